The third-order valence-electron chi connectivity index (χ3n) is 4.29. The normalized spacial score (nSPS) is 10.5. The van der Waals surface area contributed by atoms with Gasteiger partial charge in [-0.1, -0.05) is 42.5 Å². The second-order valence-corrected chi connectivity index (χ2v) is 6.73. The highest BCUT2D eigenvalue weighted by Crippen LogP contribution is 2.30. The molecule has 0 bridgehead atoms. The Bertz CT molecular complexity index is 808. The van der Waals surface area contributed by atoms with Crippen LogP contribution in [0, 0.1) is 13.8 Å². The summed E-state index contributed by atoms with van der Waals surface area (Å²) >= 11 is 0. The summed E-state index contributed by atoms with van der Waals surface area (Å²) in [5.74, 6) is 0.343. The quantitative estimate of drug-likeness (QED) is 0.405. The molecule has 144 valence electrons. The third kappa shape index (κ3) is 5.97. The van der Waals surface area contributed by atoms with Crippen molar-refractivity contribution in [1.82, 2.24) is 0 Å². The summed E-state index contributed by atoms with van der Waals surface area (Å²) in [6.45, 7) is 9.92. The molecular formula is C23H28O4. The lowest BCUT2D eigenvalue weighted by Gasteiger charge is -2.15. The summed E-state index contributed by atoms with van der Waals surface area (Å²) in [6.07, 6.45) is 1.40. The number of aryl methyl sites for hydroxylation is 3. The fourth-order valence-corrected chi connectivity index (χ4v) is 2.88. The fraction of sp³-hybridized carbons (Fsp3) is 0.348. The van der Waals surface area contributed by atoms with E-state index in [1.165, 1.54) is 11.1 Å². The molecule has 0 saturated heterocycles. The first-order valence-electron chi connectivity index (χ1n) is 9.19. The topological polar surface area (TPSA) is 55.8 Å². The molecule has 0 saturated carbocycles. The van der Waals surface area contributed by atoms with Crippen LogP contribution in [0.2, 0.25) is 0 Å². The highest BCUT2D eigenvalue weighted by molar-refractivity contribution is 5.86. The van der Waals surface area contributed by atoms with E-state index >= 15 is 0 Å². The van der Waals surface area contributed by atoms with Crippen LogP contribution in [0.4, 0.5) is 0 Å². The molecule has 2 aromatic rings. The number of aliphatic hydroxyl groups excluding tert-OH is 1. The number of ether oxygens (including phenoxy) is 2. The Morgan fingerprint density at radius 3 is 2.56 bits per heavy atom. The number of carbonyl (C=O) groups is 1. The van der Waals surface area contributed by atoms with Crippen LogP contribution in [0.5, 0.6) is 5.75 Å². The molecule has 0 aliphatic heterocycles. The first-order valence-corrected chi connectivity index (χ1v) is 9.19. The van der Waals surface area contributed by atoms with E-state index in [9.17, 15) is 4.79 Å². The predicted molar refractivity (Wildman–Crippen MR) is 108 cm³/mol. The Balaban J connectivity index is 2.18. The number of esters is 1. The molecule has 0 radical (unpaired) electrons. The monoisotopic (exact) mass is 368 g/mol. The van der Waals surface area contributed by atoms with Crippen LogP contribution < -0.4 is 4.74 Å². The van der Waals surface area contributed by atoms with Gasteiger partial charge < -0.3 is 14.6 Å². The van der Waals surface area contributed by atoms with Crippen LogP contribution in [-0.2, 0) is 16.0 Å². The summed E-state index contributed by atoms with van der Waals surface area (Å²) in [6, 6.07) is 12.5. The van der Waals surface area contributed by atoms with Gasteiger partial charge in [0.05, 0.1) is 0 Å². The van der Waals surface area contributed by atoms with Crippen molar-refractivity contribution >= 4 is 5.97 Å². The molecule has 0 aliphatic carbocycles. The van der Waals surface area contributed by atoms with Crippen LogP contribution in [0.3, 0.4) is 0 Å². The number of hydrogen-bond acceptors (Lipinski definition) is 4. The molecule has 0 unspecified atom stereocenters. The molecule has 2 rings (SSSR count). The minimum Gasteiger partial charge on any atom is -0.490 e. The largest absolute Gasteiger partial charge is 0.490 e. The molecule has 0 heterocycles. The second kappa shape index (κ2) is 9.93. The zero-order chi connectivity index (χ0) is 19.8. The first kappa shape index (κ1) is 20.7. The average Bonchev–Trinajstić information content (AvgIpc) is 2.63. The highest BCUT2D eigenvalue weighted by atomic mass is 16.6. The number of benzene rings is 2. The van der Waals surface area contributed by atoms with Crippen molar-refractivity contribution < 1.29 is 19.4 Å². The molecule has 0 aromatic heterocycles. The van der Waals surface area contributed by atoms with E-state index in [0.717, 1.165) is 28.9 Å². The molecule has 27 heavy (non-hydrogen) atoms. The maximum absolute atomic E-state index is 11.5. The second-order valence-electron chi connectivity index (χ2n) is 6.73. The van der Waals surface area contributed by atoms with E-state index in [1.54, 1.807) is 6.92 Å². The molecule has 0 aliphatic rings. The third-order valence-corrected chi connectivity index (χ3v) is 4.29. The van der Waals surface area contributed by atoms with E-state index in [4.69, 9.17) is 14.6 Å². The highest BCUT2D eigenvalue weighted by Gasteiger charge is 2.10. The van der Waals surface area contributed by atoms with Gasteiger partial charge in [-0.2, -0.15) is 0 Å². The number of carbonyl (C=O) groups excluding carboxylic acids is 1. The molecule has 0 fully saturated rings. The molecule has 4 nitrogen and oxygen atoms in total. The van der Waals surface area contributed by atoms with Gasteiger partial charge in [0, 0.05) is 12.2 Å². The maximum Gasteiger partial charge on any atom is 0.333 e. The van der Waals surface area contributed by atoms with Gasteiger partial charge in [0.15, 0.2) is 0 Å². The number of rotatable bonds is 9. The smallest absolute Gasteiger partial charge is 0.333 e. The van der Waals surface area contributed by atoms with E-state index in [1.807, 2.05) is 12.1 Å². The average molecular weight is 368 g/mol. The SMILES string of the molecule is C=C(C)C(=O)OCCOc1cc(-c2ccc(C)cc2C)ccc1CCCO. The van der Waals surface area contributed by atoms with Crippen LogP contribution in [-0.4, -0.2) is 30.9 Å². The lowest BCUT2D eigenvalue weighted by atomic mass is 9.96. The van der Waals surface area contributed by atoms with Gasteiger partial charge in [-0.25, -0.2) is 4.79 Å². The van der Waals surface area contributed by atoms with Crippen LogP contribution in [0.1, 0.15) is 30.0 Å². The zero-order valence-corrected chi connectivity index (χ0v) is 16.4. The minimum atomic E-state index is -0.414. The van der Waals surface area contributed by atoms with Gasteiger partial charge in [0.1, 0.15) is 19.0 Å². The lowest BCUT2D eigenvalue weighted by molar-refractivity contribution is -0.139. The van der Waals surface area contributed by atoms with E-state index in [-0.39, 0.29) is 19.8 Å². The predicted octanol–water partition coefficient (Wildman–Crippen LogP) is 4.39. The number of hydrogen-bond donors (Lipinski definition) is 1. The van der Waals surface area contributed by atoms with Crippen molar-refractivity contribution in [2.45, 2.75) is 33.6 Å². The molecule has 1 N–H and O–H groups in total. The van der Waals surface area contributed by atoms with Gasteiger partial charge in [0.25, 0.3) is 0 Å². The van der Waals surface area contributed by atoms with Crippen LogP contribution in [0.25, 0.3) is 11.1 Å². The first-order chi connectivity index (χ1) is 12.9. The lowest BCUT2D eigenvalue weighted by Crippen LogP contribution is -2.13. The molecule has 2 aromatic carbocycles. The van der Waals surface area contributed by atoms with Crippen LogP contribution in [0.15, 0.2) is 48.6 Å². The van der Waals surface area contributed by atoms with E-state index < -0.39 is 5.97 Å². The zero-order valence-electron chi connectivity index (χ0n) is 16.4. The van der Waals surface area contributed by atoms with Crippen molar-refractivity contribution in [1.29, 1.82) is 0 Å². The van der Waals surface area contributed by atoms with E-state index in [0.29, 0.717) is 12.0 Å². The molecule has 0 amide bonds. The maximum atomic E-state index is 11.5. The Kier molecular flexibility index (Phi) is 7.62. The summed E-state index contributed by atoms with van der Waals surface area (Å²) in [5, 5.41) is 9.13. The van der Waals surface area contributed by atoms with E-state index in [2.05, 4.69) is 44.7 Å². The van der Waals surface area contributed by atoms with Gasteiger partial charge >= 0.3 is 5.97 Å². The Labute approximate surface area is 161 Å². The summed E-state index contributed by atoms with van der Waals surface area (Å²) in [5.41, 5.74) is 6.08. The Morgan fingerprint density at radius 2 is 1.89 bits per heavy atom. The van der Waals surface area contributed by atoms with Crippen molar-refractivity contribution in [3.8, 4) is 16.9 Å². The summed E-state index contributed by atoms with van der Waals surface area (Å²) in [7, 11) is 0. The van der Waals surface area contributed by atoms with Crippen molar-refractivity contribution in [2.75, 3.05) is 19.8 Å². The molecular weight excluding hydrogens is 340 g/mol. The van der Waals surface area contributed by atoms with Crippen molar-refractivity contribution in [3.05, 3.63) is 65.2 Å². The summed E-state index contributed by atoms with van der Waals surface area (Å²) in [4.78, 5) is 11.5. The minimum absolute atomic E-state index is 0.133. The van der Waals surface area contributed by atoms with Crippen LogP contribution >= 0.6 is 0 Å². The van der Waals surface area contributed by atoms with Gasteiger partial charge in [-0.3, -0.25) is 0 Å². The standard InChI is InChI=1S/C23H28O4/c1-16(2)23(25)27-13-12-26-22-15-20(9-8-19(22)6-5-11-24)21-10-7-17(3)14-18(21)4/h7-10,14-15,24H,1,5-6,11-13H2,2-4H3. The molecule has 4 heteroatoms. The molecule has 0 spiro atoms. The fourth-order valence-electron chi connectivity index (χ4n) is 2.88. The van der Waals surface area contributed by atoms with Crippen molar-refractivity contribution in [3.63, 3.8) is 0 Å². The Hall–Kier alpha value is -2.59. The van der Waals surface area contributed by atoms with Gasteiger partial charge in [-0.05, 0) is 61.9 Å². The van der Waals surface area contributed by atoms with Gasteiger partial charge in [-0.15, -0.1) is 0 Å². The van der Waals surface area contributed by atoms with Gasteiger partial charge in [0.2, 0.25) is 0 Å². The summed E-state index contributed by atoms with van der Waals surface area (Å²) < 4.78 is 11.0. The van der Waals surface area contributed by atoms with Crippen molar-refractivity contribution in [2.24, 2.45) is 0 Å². The molecule has 0 atom stereocenters. The Morgan fingerprint density at radius 1 is 1.11 bits per heavy atom. The number of aliphatic hydroxyl groups is 1.